The van der Waals surface area contributed by atoms with Crippen LogP contribution in [0.2, 0.25) is 0 Å². The van der Waals surface area contributed by atoms with Gasteiger partial charge in [0.1, 0.15) is 0 Å². The lowest BCUT2D eigenvalue weighted by Crippen LogP contribution is -2.06. The summed E-state index contributed by atoms with van der Waals surface area (Å²) in [5.41, 5.74) is 14.3. The zero-order chi connectivity index (χ0) is 41.0. The van der Waals surface area contributed by atoms with E-state index in [0.29, 0.717) is 17.6 Å². The minimum absolute atomic E-state index is 0.574. The van der Waals surface area contributed by atoms with Gasteiger partial charge in [0.2, 0.25) is 5.95 Å². The van der Waals surface area contributed by atoms with Gasteiger partial charge in [-0.15, -0.1) is 0 Å². The fourth-order valence-electron chi connectivity index (χ4n) is 9.09. The van der Waals surface area contributed by atoms with Crippen LogP contribution in [0, 0.1) is 0 Å². The molecule has 0 aliphatic rings. The van der Waals surface area contributed by atoms with Crippen LogP contribution < -0.4 is 0 Å². The zero-order valence-electron chi connectivity index (χ0n) is 33.6. The molecular formula is C57H37N5. The largest absolute Gasteiger partial charge is 0.309 e. The molecule has 5 nitrogen and oxygen atoms in total. The topological polar surface area (TPSA) is 48.5 Å². The van der Waals surface area contributed by atoms with E-state index in [2.05, 4.69) is 197 Å². The van der Waals surface area contributed by atoms with E-state index in [1.54, 1.807) is 0 Å². The fourth-order valence-corrected chi connectivity index (χ4v) is 9.09. The summed E-state index contributed by atoms with van der Waals surface area (Å²) in [4.78, 5) is 15.4. The van der Waals surface area contributed by atoms with Crippen molar-refractivity contribution < 1.29 is 0 Å². The monoisotopic (exact) mass is 791 g/mol. The molecule has 9 aromatic carbocycles. The molecule has 0 atom stereocenters. The van der Waals surface area contributed by atoms with E-state index in [9.17, 15) is 0 Å². The highest BCUT2D eigenvalue weighted by Gasteiger charge is 2.22. The Morgan fingerprint density at radius 2 is 0.661 bits per heavy atom. The normalized spacial score (nSPS) is 11.5. The molecule has 0 aliphatic heterocycles. The molecule has 5 heteroatoms. The molecule has 0 aliphatic carbocycles. The molecule has 0 fully saturated rings. The molecule has 0 saturated heterocycles. The molecule has 290 valence electrons. The predicted molar refractivity (Wildman–Crippen MR) is 256 cm³/mol. The van der Waals surface area contributed by atoms with Crippen molar-refractivity contribution in [2.24, 2.45) is 0 Å². The Kier molecular flexibility index (Phi) is 8.42. The van der Waals surface area contributed by atoms with Gasteiger partial charge in [0, 0.05) is 38.2 Å². The maximum atomic E-state index is 5.21. The number of aromatic nitrogens is 5. The first-order valence-corrected chi connectivity index (χ1v) is 20.9. The van der Waals surface area contributed by atoms with E-state index in [-0.39, 0.29) is 0 Å². The van der Waals surface area contributed by atoms with E-state index < -0.39 is 0 Å². The van der Waals surface area contributed by atoms with Crippen LogP contribution in [-0.2, 0) is 0 Å². The second kappa shape index (κ2) is 14.7. The lowest BCUT2D eigenvalue weighted by molar-refractivity contribution is 0.954. The molecule has 0 radical (unpaired) electrons. The summed E-state index contributed by atoms with van der Waals surface area (Å²) in [7, 11) is 0. The standard InChI is InChI=1S/C57H37N5/c1-5-19-38(20-6-1)42-33-43(39-21-7-2-8-22-39)35-44(34-42)45-27-13-16-30-50(45)61-51-31-17-14-28-46(51)48-37-54-49(36-53(48)61)47-29-15-18-32-52(47)62(54)57-59-55(40-23-9-3-10-24-40)58-56(60-57)41-25-11-4-12-26-41/h1-37H. The zero-order valence-corrected chi connectivity index (χ0v) is 33.6. The second-order valence-corrected chi connectivity index (χ2v) is 15.7. The first-order chi connectivity index (χ1) is 30.7. The van der Waals surface area contributed by atoms with E-state index in [4.69, 9.17) is 15.0 Å². The molecule has 62 heavy (non-hydrogen) atoms. The van der Waals surface area contributed by atoms with Crippen molar-refractivity contribution in [2.45, 2.75) is 0 Å². The van der Waals surface area contributed by atoms with Crippen molar-refractivity contribution in [3.63, 3.8) is 0 Å². The van der Waals surface area contributed by atoms with Gasteiger partial charge in [0.25, 0.3) is 0 Å². The van der Waals surface area contributed by atoms with Crippen LogP contribution >= 0.6 is 0 Å². The van der Waals surface area contributed by atoms with Crippen LogP contribution in [0.4, 0.5) is 0 Å². The third kappa shape index (κ3) is 5.98. The van der Waals surface area contributed by atoms with Crippen LogP contribution in [-0.4, -0.2) is 24.1 Å². The molecule has 0 amide bonds. The Labute approximate surface area is 358 Å². The second-order valence-electron chi connectivity index (χ2n) is 15.7. The van der Waals surface area contributed by atoms with Crippen LogP contribution in [0.5, 0.6) is 0 Å². The molecule has 0 spiro atoms. The maximum absolute atomic E-state index is 5.21. The first kappa shape index (κ1) is 35.5. The number of nitrogens with zero attached hydrogens (tertiary/aromatic N) is 5. The summed E-state index contributed by atoms with van der Waals surface area (Å²) >= 11 is 0. The Morgan fingerprint density at radius 1 is 0.258 bits per heavy atom. The Bertz CT molecular complexity index is 3500. The van der Waals surface area contributed by atoms with Gasteiger partial charge in [-0.25, -0.2) is 4.98 Å². The van der Waals surface area contributed by atoms with Crippen molar-refractivity contribution >= 4 is 43.6 Å². The van der Waals surface area contributed by atoms with E-state index in [1.165, 1.54) is 27.6 Å². The molecule has 0 unspecified atom stereocenters. The number of rotatable bonds is 7. The highest BCUT2D eigenvalue weighted by Crippen LogP contribution is 2.42. The predicted octanol–water partition coefficient (Wildman–Crippen LogP) is 14.4. The number of hydrogen-bond donors (Lipinski definition) is 0. The van der Waals surface area contributed by atoms with E-state index in [1.807, 2.05) is 36.4 Å². The lowest BCUT2D eigenvalue weighted by Gasteiger charge is -2.16. The molecule has 3 aromatic heterocycles. The third-order valence-electron chi connectivity index (χ3n) is 12.0. The van der Waals surface area contributed by atoms with Gasteiger partial charge in [0.15, 0.2) is 11.6 Å². The average Bonchev–Trinajstić information content (AvgIpc) is 3.86. The number of benzene rings is 9. The quantitative estimate of drug-likeness (QED) is 0.162. The summed E-state index contributed by atoms with van der Waals surface area (Å²) in [5, 5.41) is 4.57. The van der Waals surface area contributed by atoms with Crippen molar-refractivity contribution in [2.75, 3.05) is 0 Å². The molecule has 12 rings (SSSR count). The smallest absolute Gasteiger partial charge is 0.238 e. The van der Waals surface area contributed by atoms with Crippen molar-refractivity contribution in [3.05, 3.63) is 224 Å². The molecular weight excluding hydrogens is 755 g/mol. The average molecular weight is 792 g/mol. The molecule has 0 bridgehead atoms. The van der Waals surface area contributed by atoms with Gasteiger partial charge >= 0.3 is 0 Å². The highest BCUT2D eigenvalue weighted by atomic mass is 15.2. The summed E-state index contributed by atoms with van der Waals surface area (Å²) in [6.07, 6.45) is 0. The van der Waals surface area contributed by atoms with Crippen LogP contribution in [0.3, 0.4) is 0 Å². The molecule has 12 aromatic rings. The van der Waals surface area contributed by atoms with Gasteiger partial charge in [-0.05, 0) is 76.3 Å². The van der Waals surface area contributed by atoms with Gasteiger partial charge in [-0.3, -0.25) is 4.57 Å². The summed E-state index contributed by atoms with van der Waals surface area (Å²) in [6, 6.07) is 79.5. The Balaban J connectivity index is 1.12. The van der Waals surface area contributed by atoms with Gasteiger partial charge in [0.05, 0.1) is 27.8 Å². The number of hydrogen-bond acceptors (Lipinski definition) is 3. The summed E-state index contributed by atoms with van der Waals surface area (Å²) < 4.78 is 4.66. The number of fused-ring (bicyclic) bond motifs is 6. The van der Waals surface area contributed by atoms with Crippen LogP contribution in [0.25, 0.3) is 111 Å². The molecule has 0 saturated carbocycles. The summed E-state index contributed by atoms with van der Waals surface area (Å²) in [5.74, 6) is 1.83. The highest BCUT2D eigenvalue weighted by molar-refractivity contribution is 6.19. The fraction of sp³-hybridized carbons (Fsp3) is 0. The minimum atomic E-state index is 0.574. The molecule has 0 N–H and O–H groups in total. The maximum Gasteiger partial charge on any atom is 0.238 e. The van der Waals surface area contributed by atoms with Gasteiger partial charge in [-0.1, -0.05) is 176 Å². The molecule has 3 heterocycles. The Morgan fingerprint density at radius 3 is 1.19 bits per heavy atom. The Hall–Kier alpha value is -8.41. The first-order valence-electron chi connectivity index (χ1n) is 20.9. The van der Waals surface area contributed by atoms with E-state index in [0.717, 1.165) is 66.2 Å². The lowest BCUT2D eigenvalue weighted by atomic mass is 9.92. The van der Waals surface area contributed by atoms with Gasteiger partial charge in [-0.2, -0.15) is 9.97 Å². The third-order valence-corrected chi connectivity index (χ3v) is 12.0. The van der Waals surface area contributed by atoms with Crippen molar-refractivity contribution in [1.29, 1.82) is 0 Å². The number of para-hydroxylation sites is 3. The van der Waals surface area contributed by atoms with Gasteiger partial charge < -0.3 is 4.57 Å². The van der Waals surface area contributed by atoms with Crippen molar-refractivity contribution in [1.82, 2.24) is 24.1 Å². The van der Waals surface area contributed by atoms with Crippen LogP contribution in [0.15, 0.2) is 224 Å². The SMILES string of the molecule is c1ccc(-c2cc(-c3ccccc3)cc(-c3ccccc3-n3c4ccccc4c4cc5c(cc43)c3ccccc3n5-c3nc(-c4ccccc4)nc(-c4ccccc4)n3)c2)cc1. The summed E-state index contributed by atoms with van der Waals surface area (Å²) in [6.45, 7) is 0. The minimum Gasteiger partial charge on any atom is -0.309 e. The van der Waals surface area contributed by atoms with Crippen molar-refractivity contribution in [3.8, 4) is 67.8 Å². The van der Waals surface area contributed by atoms with Crippen LogP contribution in [0.1, 0.15) is 0 Å². The van der Waals surface area contributed by atoms with E-state index >= 15 is 0 Å².